The topological polar surface area (TPSA) is 133 Å². The zero-order valence-electron chi connectivity index (χ0n) is 10.9. The zero-order valence-corrected chi connectivity index (χ0v) is 12.5. The fourth-order valence-electron chi connectivity index (χ4n) is 1.37. The molecule has 0 atom stereocenters. The molecule has 0 unspecified atom stereocenters. The van der Waals surface area contributed by atoms with Gasteiger partial charge in [0.2, 0.25) is 10.0 Å². The van der Waals surface area contributed by atoms with Crippen molar-refractivity contribution in [2.24, 2.45) is 5.14 Å². The molecule has 0 fully saturated rings. The van der Waals surface area contributed by atoms with Crippen molar-refractivity contribution in [3.63, 3.8) is 0 Å². The van der Waals surface area contributed by atoms with Crippen LogP contribution in [0.1, 0.15) is 16.1 Å². The van der Waals surface area contributed by atoms with Crippen molar-refractivity contribution in [1.29, 1.82) is 0 Å². The summed E-state index contributed by atoms with van der Waals surface area (Å²) in [6, 6.07) is 2.38. The number of primary sulfonamides is 1. The Labute approximate surface area is 116 Å². The van der Waals surface area contributed by atoms with E-state index in [1.54, 1.807) is 0 Å². The summed E-state index contributed by atoms with van der Waals surface area (Å²) in [7, 11) is -6.58. The molecule has 0 bridgehead atoms. The number of sulfonamides is 1. The Morgan fingerprint density at radius 3 is 2.30 bits per heavy atom. The van der Waals surface area contributed by atoms with E-state index in [0.717, 1.165) is 6.07 Å². The Balaban J connectivity index is 3.09. The van der Waals surface area contributed by atoms with E-state index in [4.69, 9.17) is 5.14 Å². The number of sulfone groups is 1. The summed E-state index contributed by atoms with van der Waals surface area (Å²) in [6.45, 7) is 1.45. The highest BCUT2D eigenvalue weighted by Gasteiger charge is 2.21. The summed E-state index contributed by atoms with van der Waals surface area (Å²) in [5.41, 5.74) is 0.312. The van der Waals surface area contributed by atoms with Crippen LogP contribution in [-0.2, 0) is 24.6 Å². The van der Waals surface area contributed by atoms with Crippen LogP contribution in [0.3, 0.4) is 0 Å². The first-order valence-electron chi connectivity index (χ1n) is 5.36. The molecule has 112 valence electrons. The molecule has 0 aliphatic heterocycles. The van der Waals surface area contributed by atoms with Crippen LogP contribution in [-0.4, -0.2) is 46.4 Å². The minimum Gasteiger partial charge on any atom is -0.465 e. The molecular formula is C10H14N2O6S2. The fraction of sp³-hybridized carbons (Fsp3) is 0.400. The van der Waals surface area contributed by atoms with Crippen molar-refractivity contribution >= 4 is 25.8 Å². The molecule has 0 saturated heterocycles. The highest BCUT2D eigenvalue weighted by molar-refractivity contribution is 7.94. The fourth-order valence-corrected chi connectivity index (χ4v) is 3.93. The highest BCUT2D eigenvalue weighted by atomic mass is 32.2. The lowest BCUT2D eigenvalue weighted by Crippen LogP contribution is -2.24. The molecule has 0 saturated carbocycles. The van der Waals surface area contributed by atoms with E-state index >= 15 is 0 Å². The maximum atomic E-state index is 11.9. The second kappa shape index (κ2) is 5.85. The third-order valence-electron chi connectivity index (χ3n) is 2.42. The van der Waals surface area contributed by atoms with Crippen molar-refractivity contribution in [2.75, 3.05) is 18.6 Å². The number of aromatic nitrogens is 1. The molecule has 1 aromatic heterocycles. The molecule has 0 amide bonds. The normalized spacial score (nSPS) is 12.2. The molecule has 1 rings (SSSR count). The lowest BCUT2D eigenvalue weighted by Gasteiger charge is -2.07. The van der Waals surface area contributed by atoms with Gasteiger partial charge in [-0.3, -0.25) is 0 Å². The van der Waals surface area contributed by atoms with Crippen LogP contribution in [0.2, 0.25) is 0 Å². The Morgan fingerprint density at radius 1 is 1.25 bits per heavy atom. The largest absolute Gasteiger partial charge is 0.465 e. The van der Waals surface area contributed by atoms with Gasteiger partial charge in [-0.25, -0.2) is 31.8 Å². The molecule has 0 spiro atoms. The third-order valence-corrected chi connectivity index (χ3v) is 5.06. The molecule has 2 N–H and O–H groups in total. The van der Waals surface area contributed by atoms with Crippen LogP contribution >= 0.6 is 0 Å². The van der Waals surface area contributed by atoms with Gasteiger partial charge in [0.15, 0.2) is 14.9 Å². The van der Waals surface area contributed by atoms with Crippen molar-refractivity contribution in [1.82, 2.24) is 4.98 Å². The van der Waals surface area contributed by atoms with Crippen molar-refractivity contribution in [3.05, 3.63) is 23.4 Å². The molecular weight excluding hydrogens is 308 g/mol. The van der Waals surface area contributed by atoms with E-state index in [0.29, 0.717) is 0 Å². The number of ether oxygens (including phenoxy) is 1. The second-order valence-corrected chi connectivity index (χ2v) is 7.75. The number of esters is 1. The van der Waals surface area contributed by atoms with Crippen LogP contribution in [0.4, 0.5) is 0 Å². The molecule has 0 aromatic carbocycles. The number of hydrogen-bond acceptors (Lipinski definition) is 7. The average Bonchev–Trinajstić information content (AvgIpc) is 2.34. The summed E-state index contributed by atoms with van der Waals surface area (Å²) in [5.74, 6) is -2.01. The number of nitrogens with two attached hydrogens (primary N) is 1. The molecule has 0 aliphatic rings. The molecule has 10 heteroatoms. The average molecular weight is 322 g/mol. The Morgan fingerprint density at radius 2 is 1.85 bits per heavy atom. The number of hydrogen-bond donors (Lipinski definition) is 1. The van der Waals surface area contributed by atoms with E-state index in [-0.39, 0.29) is 16.3 Å². The summed E-state index contributed by atoms with van der Waals surface area (Å²) in [6.07, 6.45) is 0. The van der Waals surface area contributed by atoms with Gasteiger partial charge in [0, 0.05) is 0 Å². The van der Waals surface area contributed by atoms with Crippen LogP contribution in [0, 0.1) is 6.92 Å². The van der Waals surface area contributed by atoms with Crippen LogP contribution in [0.5, 0.6) is 0 Å². The number of methoxy groups -OCH3 is 1. The summed E-state index contributed by atoms with van der Waals surface area (Å²) < 4.78 is 49.9. The quantitative estimate of drug-likeness (QED) is 0.704. The Bertz CT molecular complexity index is 724. The number of carbonyl (C=O) groups is 1. The van der Waals surface area contributed by atoms with Crippen molar-refractivity contribution in [3.8, 4) is 0 Å². The lowest BCUT2D eigenvalue weighted by molar-refractivity contribution is 0.0599. The molecule has 8 nitrogen and oxygen atoms in total. The predicted octanol–water partition coefficient (Wildman–Crippen LogP) is -0.761. The second-order valence-electron chi connectivity index (χ2n) is 3.96. The summed E-state index contributed by atoms with van der Waals surface area (Å²) in [5, 5.41) is 4.45. The van der Waals surface area contributed by atoms with Gasteiger partial charge in [0.25, 0.3) is 0 Å². The van der Waals surface area contributed by atoms with Gasteiger partial charge in [-0.1, -0.05) is 0 Å². The summed E-state index contributed by atoms with van der Waals surface area (Å²) >= 11 is 0. The Hall–Kier alpha value is -1.52. The lowest BCUT2D eigenvalue weighted by atomic mass is 10.2. The number of aryl methyl sites for hydroxylation is 1. The highest BCUT2D eigenvalue weighted by Crippen LogP contribution is 2.13. The molecule has 20 heavy (non-hydrogen) atoms. The maximum Gasteiger partial charge on any atom is 0.339 e. The monoisotopic (exact) mass is 322 g/mol. The van der Waals surface area contributed by atoms with Crippen LogP contribution in [0.15, 0.2) is 17.2 Å². The molecule has 1 aromatic rings. The minimum absolute atomic E-state index is 0.137. The summed E-state index contributed by atoms with van der Waals surface area (Å²) in [4.78, 5) is 15.1. The SMILES string of the molecule is COC(=O)c1ccc(S(=O)(=O)CCS(N)(=O)=O)nc1C. The minimum atomic E-state index is -3.89. The first-order valence-corrected chi connectivity index (χ1v) is 8.73. The van der Waals surface area contributed by atoms with Gasteiger partial charge in [-0.2, -0.15) is 0 Å². The Kier molecular flexibility index (Phi) is 4.84. The molecule has 1 heterocycles. The van der Waals surface area contributed by atoms with Gasteiger partial charge >= 0.3 is 5.97 Å². The van der Waals surface area contributed by atoms with Gasteiger partial charge in [-0.05, 0) is 19.1 Å². The van der Waals surface area contributed by atoms with E-state index < -0.39 is 37.3 Å². The zero-order chi connectivity index (χ0) is 15.6. The third kappa shape index (κ3) is 4.25. The van der Waals surface area contributed by atoms with Crippen molar-refractivity contribution < 1.29 is 26.4 Å². The first-order chi connectivity index (χ1) is 9.07. The molecule has 0 radical (unpaired) electrons. The molecule has 0 aliphatic carbocycles. The van der Waals surface area contributed by atoms with E-state index in [1.807, 2.05) is 0 Å². The maximum absolute atomic E-state index is 11.9. The standard InChI is InChI=1S/C10H14N2O6S2/c1-7-8(10(13)18-2)3-4-9(12-7)19(14,15)5-6-20(11,16)17/h3-4H,5-6H2,1-2H3,(H2,11,16,17). The van der Waals surface area contributed by atoms with Crippen LogP contribution < -0.4 is 5.14 Å². The number of pyridine rings is 1. The number of rotatable bonds is 5. The predicted molar refractivity (Wildman–Crippen MR) is 70.3 cm³/mol. The van der Waals surface area contributed by atoms with Gasteiger partial charge in [-0.15, -0.1) is 0 Å². The van der Waals surface area contributed by atoms with Gasteiger partial charge in [0.1, 0.15) is 0 Å². The van der Waals surface area contributed by atoms with Gasteiger partial charge in [0.05, 0.1) is 29.9 Å². The van der Waals surface area contributed by atoms with Crippen LogP contribution in [0.25, 0.3) is 0 Å². The van der Waals surface area contributed by atoms with Gasteiger partial charge < -0.3 is 4.74 Å². The van der Waals surface area contributed by atoms with Crippen molar-refractivity contribution in [2.45, 2.75) is 11.9 Å². The smallest absolute Gasteiger partial charge is 0.339 e. The number of nitrogens with zero attached hydrogens (tertiary/aromatic N) is 1. The number of carbonyl (C=O) groups excluding carboxylic acids is 1. The van der Waals surface area contributed by atoms with E-state index in [9.17, 15) is 21.6 Å². The first kappa shape index (κ1) is 16.5. The van der Waals surface area contributed by atoms with E-state index in [2.05, 4.69) is 9.72 Å². The van der Waals surface area contributed by atoms with E-state index in [1.165, 1.54) is 20.1 Å².